The van der Waals surface area contributed by atoms with Gasteiger partial charge in [0, 0.05) is 0 Å². The fourth-order valence-electron chi connectivity index (χ4n) is 0.887. The predicted octanol–water partition coefficient (Wildman–Crippen LogP) is 2.11. The average Bonchev–Trinajstić information content (AvgIpc) is 2.03. The van der Waals surface area contributed by atoms with Crippen LogP contribution in [0.5, 0.6) is 0 Å². The minimum absolute atomic E-state index is 0.249. The molecule has 0 heterocycles. The number of hydrogen-bond acceptors (Lipinski definition) is 2. The van der Waals surface area contributed by atoms with Gasteiger partial charge in [0.25, 0.3) is 0 Å². The Labute approximate surface area is 76.3 Å². The van der Waals surface area contributed by atoms with Gasteiger partial charge in [-0.25, -0.2) is 0 Å². The summed E-state index contributed by atoms with van der Waals surface area (Å²) >= 11 is 0. The number of rotatable bonds is 5. The Morgan fingerprint density at radius 2 is 1.92 bits per heavy atom. The summed E-state index contributed by atoms with van der Waals surface area (Å²) in [6.45, 7) is 11.4. The predicted molar refractivity (Wildman–Crippen MR) is 54.3 cm³/mol. The number of hydrogen-bond donors (Lipinski definition) is 0. The molecule has 2 nitrogen and oxygen atoms in total. The maximum Gasteiger partial charge on any atom is 0.143 e. The van der Waals surface area contributed by atoms with E-state index in [0.717, 1.165) is 6.54 Å². The molecule has 12 heavy (non-hydrogen) atoms. The van der Waals surface area contributed by atoms with Crippen molar-refractivity contribution in [3.63, 3.8) is 0 Å². The second-order valence-corrected chi connectivity index (χ2v) is 2.79. The fourth-order valence-corrected chi connectivity index (χ4v) is 0.887. The summed E-state index contributed by atoms with van der Waals surface area (Å²) in [6, 6.07) is 0. The highest BCUT2D eigenvalue weighted by Crippen LogP contribution is 1.90. The van der Waals surface area contributed by atoms with Gasteiger partial charge in [-0.15, -0.1) is 13.2 Å². The molecule has 0 aromatic rings. The first-order valence-corrected chi connectivity index (χ1v) is 4.34. The van der Waals surface area contributed by atoms with Crippen molar-refractivity contribution < 1.29 is 4.79 Å². The number of nitrogens with zero attached hydrogens (tertiary/aromatic N) is 1. The number of unbranched alkanes of at least 4 members (excludes halogenated alkanes) is 1. The van der Waals surface area contributed by atoms with Crippen LogP contribution in [0, 0.1) is 0 Å². The Bertz CT molecular complexity index is 112. The van der Waals surface area contributed by atoms with Gasteiger partial charge in [0.1, 0.15) is 5.78 Å². The third-order valence-electron chi connectivity index (χ3n) is 1.39. The SMILES string of the molecule is C=C.CCCCN(C)CC(C)=O. The largest absolute Gasteiger partial charge is 0.299 e. The molecule has 0 amide bonds. The molecule has 0 bridgehead atoms. The second kappa shape index (κ2) is 10.4. The molecule has 0 N–H and O–H groups in total. The van der Waals surface area contributed by atoms with Crippen molar-refractivity contribution >= 4 is 5.78 Å². The molecule has 0 spiro atoms. The van der Waals surface area contributed by atoms with E-state index in [4.69, 9.17) is 0 Å². The first-order chi connectivity index (χ1) is 5.66. The van der Waals surface area contributed by atoms with Gasteiger partial charge in [-0.3, -0.25) is 9.69 Å². The summed E-state index contributed by atoms with van der Waals surface area (Å²) in [5.74, 6) is 0.249. The van der Waals surface area contributed by atoms with Gasteiger partial charge in [-0.05, 0) is 26.9 Å². The lowest BCUT2D eigenvalue weighted by atomic mass is 10.3. The van der Waals surface area contributed by atoms with E-state index in [0.29, 0.717) is 6.54 Å². The highest BCUT2D eigenvalue weighted by atomic mass is 16.1. The third-order valence-corrected chi connectivity index (χ3v) is 1.39. The summed E-state index contributed by atoms with van der Waals surface area (Å²) in [5, 5.41) is 0. The van der Waals surface area contributed by atoms with Crippen LogP contribution in [0.15, 0.2) is 13.2 Å². The molecular formula is C10H21NO. The summed E-state index contributed by atoms with van der Waals surface area (Å²) < 4.78 is 0. The monoisotopic (exact) mass is 171 g/mol. The summed E-state index contributed by atoms with van der Waals surface area (Å²) in [5.41, 5.74) is 0. The van der Waals surface area contributed by atoms with Gasteiger partial charge >= 0.3 is 0 Å². The van der Waals surface area contributed by atoms with Crippen LogP contribution < -0.4 is 0 Å². The van der Waals surface area contributed by atoms with Crippen LogP contribution in [-0.4, -0.2) is 30.8 Å². The number of ketones is 1. The standard InChI is InChI=1S/C8H17NO.C2H4/c1-4-5-6-9(3)7-8(2)10;1-2/h4-7H2,1-3H3;1-2H2. The molecule has 0 fully saturated rings. The highest BCUT2D eigenvalue weighted by molar-refractivity contribution is 5.77. The molecule has 0 unspecified atom stereocenters. The van der Waals surface area contributed by atoms with Crippen molar-refractivity contribution in [2.75, 3.05) is 20.1 Å². The van der Waals surface area contributed by atoms with E-state index in [1.165, 1.54) is 12.8 Å². The zero-order valence-electron chi connectivity index (χ0n) is 8.60. The van der Waals surface area contributed by atoms with Crippen LogP contribution in [0.4, 0.5) is 0 Å². The molecule has 0 saturated heterocycles. The Balaban J connectivity index is 0. The first-order valence-electron chi connectivity index (χ1n) is 4.34. The quantitative estimate of drug-likeness (QED) is 0.590. The lowest BCUT2D eigenvalue weighted by Crippen LogP contribution is -2.25. The average molecular weight is 171 g/mol. The van der Waals surface area contributed by atoms with E-state index in [1.807, 2.05) is 7.05 Å². The van der Waals surface area contributed by atoms with Gasteiger partial charge in [0.2, 0.25) is 0 Å². The molecule has 0 saturated carbocycles. The molecule has 0 rings (SSSR count). The fraction of sp³-hybridized carbons (Fsp3) is 0.700. The van der Waals surface area contributed by atoms with E-state index < -0.39 is 0 Å². The minimum atomic E-state index is 0.249. The number of carbonyl (C=O) groups excluding carboxylic acids is 1. The Morgan fingerprint density at radius 1 is 1.42 bits per heavy atom. The lowest BCUT2D eigenvalue weighted by molar-refractivity contribution is -0.117. The molecule has 0 radical (unpaired) electrons. The van der Waals surface area contributed by atoms with E-state index >= 15 is 0 Å². The first kappa shape index (κ1) is 13.9. The number of Topliss-reactive ketones (excluding diaryl/α,β-unsaturated/α-hetero) is 1. The van der Waals surface area contributed by atoms with Crippen LogP contribution >= 0.6 is 0 Å². The van der Waals surface area contributed by atoms with Crippen molar-refractivity contribution in [2.45, 2.75) is 26.7 Å². The molecule has 0 aromatic heterocycles. The van der Waals surface area contributed by atoms with Crippen LogP contribution in [0.25, 0.3) is 0 Å². The molecule has 0 aromatic carbocycles. The van der Waals surface area contributed by atoms with Crippen molar-refractivity contribution in [2.24, 2.45) is 0 Å². The van der Waals surface area contributed by atoms with Crippen LogP contribution in [0.2, 0.25) is 0 Å². The van der Waals surface area contributed by atoms with Gasteiger partial charge in [0.15, 0.2) is 0 Å². The zero-order chi connectivity index (χ0) is 9.98. The molecular weight excluding hydrogens is 150 g/mol. The Hall–Kier alpha value is -0.630. The van der Waals surface area contributed by atoms with E-state index in [-0.39, 0.29) is 5.78 Å². The smallest absolute Gasteiger partial charge is 0.143 e. The van der Waals surface area contributed by atoms with E-state index in [1.54, 1.807) is 6.92 Å². The maximum absolute atomic E-state index is 10.6. The molecule has 0 aliphatic carbocycles. The zero-order valence-corrected chi connectivity index (χ0v) is 8.60. The van der Waals surface area contributed by atoms with Gasteiger partial charge in [0.05, 0.1) is 6.54 Å². The normalized spacial score (nSPS) is 9.00. The molecule has 2 heteroatoms. The topological polar surface area (TPSA) is 20.3 Å². The van der Waals surface area contributed by atoms with Crippen molar-refractivity contribution in [1.29, 1.82) is 0 Å². The molecule has 0 aliphatic heterocycles. The van der Waals surface area contributed by atoms with Gasteiger partial charge in [-0.1, -0.05) is 13.3 Å². The van der Waals surface area contributed by atoms with Crippen LogP contribution in [0.1, 0.15) is 26.7 Å². The Morgan fingerprint density at radius 3 is 2.25 bits per heavy atom. The van der Waals surface area contributed by atoms with E-state index in [9.17, 15) is 4.79 Å². The van der Waals surface area contributed by atoms with E-state index in [2.05, 4.69) is 25.0 Å². The summed E-state index contributed by atoms with van der Waals surface area (Å²) in [7, 11) is 1.98. The van der Waals surface area contributed by atoms with Gasteiger partial charge in [-0.2, -0.15) is 0 Å². The third kappa shape index (κ3) is 12.1. The van der Waals surface area contributed by atoms with Crippen LogP contribution in [0.3, 0.4) is 0 Å². The molecule has 72 valence electrons. The molecule has 0 aliphatic rings. The second-order valence-electron chi connectivity index (χ2n) is 2.79. The van der Waals surface area contributed by atoms with Crippen molar-refractivity contribution in [1.82, 2.24) is 4.90 Å². The summed E-state index contributed by atoms with van der Waals surface area (Å²) in [4.78, 5) is 12.6. The molecule has 0 atom stereocenters. The summed E-state index contributed by atoms with van der Waals surface area (Å²) in [6.07, 6.45) is 2.38. The lowest BCUT2D eigenvalue weighted by Gasteiger charge is -2.12. The Kier molecular flexibility index (Phi) is 12.0. The maximum atomic E-state index is 10.6. The number of carbonyl (C=O) groups is 1. The number of likely N-dealkylation sites (N-methyl/N-ethyl adjacent to an activating group) is 1. The minimum Gasteiger partial charge on any atom is -0.299 e. The highest BCUT2D eigenvalue weighted by Gasteiger charge is 1.98. The van der Waals surface area contributed by atoms with Crippen molar-refractivity contribution in [3.05, 3.63) is 13.2 Å². The van der Waals surface area contributed by atoms with Crippen molar-refractivity contribution in [3.8, 4) is 0 Å². The van der Waals surface area contributed by atoms with Gasteiger partial charge < -0.3 is 0 Å². The van der Waals surface area contributed by atoms with Crippen LogP contribution in [-0.2, 0) is 4.79 Å².